The van der Waals surface area contributed by atoms with E-state index in [1.54, 1.807) is 18.3 Å². The summed E-state index contributed by atoms with van der Waals surface area (Å²) >= 11 is 1.67. The molecule has 1 heterocycles. The Bertz CT molecular complexity index is 278. The molecule has 0 saturated carbocycles. The SMILES string of the molecule is Cc1ccc(C[C@@H](C)C(=O)O)s1. The van der Waals surface area contributed by atoms with Crippen LogP contribution in [-0.4, -0.2) is 11.1 Å². The van der Waals surface area contributed by atoms with Crippen LogP contribution in [0.4, 0.5) is 0 Å². The van der Waals surface area contributed by atoms with E-state index in [0.717, 1.165) is 4.88 Å². The molecule has 12 heavy (non-hydrogen) atoms. The molecule has 0 radical (unpaired) electrons. The van der Waals surface area contributed by atoms with Crippen molar-refractivity contribution < 1.29 is 9.90 Å². The van der Waals surface area contributed by atoms with Crippen LogP contribution >= 0.6 is 11.3 Å². The van der Waals surface area contributed by atoms with Crippen molar-refractivity contribution in [2.45, 2.75) is 20.3 Å². The molecule has 1 aromatic rings. The highest BCUT2D eigenvalue weighted by molar-refractivity contribution is 7.11. The van der Waals surface area contributed by atoms with Crippen molar-refractivity contribution in [2.75, 3.05) is 0 Å². The van der Waals surface area contributed by atoms with E-state index < -0.39 is 5.97 Å². The first-order valence-corrected chi connectivity index (χ1v) is 4.69. The van der Waals surface area contributed by atoms with Gasteiger partial charge in [0.1, 0.15) is 0 Å². The molecular weight excluding hydrogens is 172 g/mol. The second kappa shape index (κ2) is 3.72. The maximum atomic E-state index is 10.5. The monoisotopic (exact) mass is 184 g/mol. The number of carboxylic acid groups (broad SMARTS) is 1. The summed E-state index contributed by atoms with van der Waals surface area (Å²) in [7, 11) is 0. The van der Waals surface area contributed by atoms with Gasteiger partial charge in [0, 0.05) is 9.75 Å². The van der Waals surface area contributed by atoms with Gasteiger partial charge in [0.05, 0.1) is 5.92 Å². The minimum Gasteiger partial charge on any atom is -0.481 e. The number of aryl methyl sites for hydroxylation is 1. The molecule has 3 heteroatoms. The lowest BCUT2D eigenvalue weighted by atomic mass is 10.1. The summed E-state index contributed by atoms with van der Waals surface area (Å²) in [6.07, 6.45) is 0.647. The van der Waals surface area contributed by atoms with Gasteiger partial charge in [-0.2, -0.15) is 0 Å². The van der Waals surface area contributed by atoms with Crippen molar-refractivity contribution in [1.82, 2.24) is 0 Å². The van der Waals surface area contributed by atoms with E-state index in [9.17, 15) is 4.79 Å². The average Bonchev–Trinajstić information content (AvgIpc) is 2.35. The minimum absolute atomic E-state index is 0.275. The van der Waals surface area contributed by atoms with Gasteiger partial charge in [-0.25, -0.2) is 0 Å². The van der Waals surface area contributed by atoms with Crippen LogP contribution in [0.5, 0.6) is 0 Å². The van der Waals surface area contributed by atoms with Crippen molar-refractivity contribution in [3.8, 4) is 0 Å². The third-order valence-electron chi connectivity index (χ3n) is 1.72. The maximum absolute atomic E-state index is 10.5. The van der Waals surface area contributed by atoms with Crippen molar-refractivity contribution in [1.29, 1.82) is 0 Å². The Balaban J connectivity index is 2.58. The van der Waals surface area contributed by atoms with Crippen LogP contribution < -0.4 is 0 Å². The Hall–Kier alpha value is -0.830. The smallest absolute Gasteiger partial charge is 0.306 e. The molecule has 1 atom stereocenters. The third-order valence-corrected chi connectivity index (χ3v) is 2.75. The molecule has 0 saturated heterocycles. The van der Waals surface area contributed by atoms with Gasteiger partial charge >= 0.3 is 5.97 Å². The predicted octanol–water partition coefficient (Wildman–Crippen LogP) is 2.32. The Morgan fingerprint density at radius 2 is 2.33 bits per heavy atom. The van der Waals surface area contributed by atoms with E-state index in [4.69, 9.17) is 5.11 Å². The van der Waals surface area contributed by atoms with Gasteiger partial charge in [-0.3, -0.25) is 4.79 Å². The lowest BCUT2D eigenvalue weighted by molar-refractivity contribution is -0.141. The molecule has 0 aromatic carbocycles. The fraction of sp³-hybridized carbons (Fsp3) is 0.444. The van der Waals surface area contributed by atoms with Gasteiger partial charge in [-0.1, -0.05) is 6.92 Å². The maximum Gasteiger partial charge on any atom is 0.306 e. The molecule has 0 aliphatic carbocycles. The standard InChI is InChI=1S/C9H12O2S/c1-6(9(10)11)5-8-4-3-7(2)12-8/h3-4,6H,5H2,1-2H3,(H,10,11)/t6-/m1/s1. The van der Waals surface area contributed by atoms with Crippen molar-refractivity contribution in [3.05, 3.63) is 21.9 Å². The zero-order valence-corrected chi connectivity index (χ0v) is 8.02. The minimum atomic E-state index is -0.721. The summed E-state index contributed by atoms with van der Waals surface area (Å²) in [5, 5.41) is 8.65. The van der Waals surface area contributed by atoms with Crippen LogP contribution in [0.3, 0.4) is 0 Å². The van der Waals surface area contributed by atoms with Gasteiger partial charge in [0.25, 0.3) is 0 Å². The van der Waals surface area contributed by atoms with E-state index in [2.05, 4.69) is 0 Å². The first-order chi connectivity index (χ1) is 5.59. The molecule has 0 unspecified atom stereocenters. The largest absolute Gasteiger partial charge is 0.481 e. The first kappa shape index (κ1) is 9.26. The molecule has 1 rings (SSSR count). The van der Waals surface area contributed by atoms with Crippen molar-refractivity contribution in [3.63, 3.8) is 0 Å². The van der Waals surface area contributed by atoms with Gasteiger partial charge in [0.2, 0.25) is 0 Å². The van der Waals surface area contributed by atoms with E-state index in [1.807, 2.05) is 19.1 Å². The third kappa shape index (κ3) is 2.34. The normalized spacial score (nSPS) is 12.8. The highest BCUT2D eigenvalue weighted by Gasteiger charge is 2.11. The number of thiophene rings is 1. The fourth-order valence-corrected chi connectivity index (χ4v) is 2.00. The molecule has 0 amide bonds. The van der Waals surface area contributed by atoms with Gasteiger partial charge < -0.3 is 5.11 Å². The zero-order chi connectivity index (χ0) is 9.14. The van der Waals surface area contributed by atoms with Crippen LogP contribution in [-0.2, 0) is 11.2 Å². The molecule has 2 nitrogen and oxygen atoms in total. The van der Waals surface area contributed by atoms with Crippen molar-refractivity contribution in [2.24, 2.45) is 5.92 Å². The molecule has 1 aromatic heterocycles. The number of carboxylic acids is 1. The second-order valence-electron chi connectivity index (χ2n) is 2.96. The number of hydrogen-bond acceptors (Lipinski definition) is 2. The van der Waals surface area contributed by atoms with Crippen LogP contribution in [0.15, 0.2) is 12.1 Å². The summed E-state index contributed by atoms with van der Waals surface area (Å²) in [5.41, 5.74) is 0. The lowest BCUT2D eigenvalue weighted by Gasteiger charge is -2.01. The fourth-order valence-electron chi connectivity index (χ4n) is 0.984. The topological polar surface area (TPSA) is 37.3 Å². The molecule has 0 spiro atoms. The highest BCUT2D eigenvalue weighted by Crippen LogP contribution is 2.18. The first-order valence-electron chi connectivity index (χ1n) is 3.87. The number of carbonyl (C=O) groups is 1. The van der Waals surface area contributed by atoms with E-state index in [-0.39, 0.29) is 5.92 Å². The Morgan fingerprint density at radius 1 is 1.67 bits per heavy atom. The van der Waals surface area contributed by atoms with E-state index in [0.29, 0.717) is 6.42 Å². The number of aliphatic carboxylic acids is 1. The van der Waals surface area contributed by atoms with Gasteiger partial charge in [-0.15, -0.1) is 11.3 Å². The van der Waals surface area contributed by atoms with Crippen LogP contribution in [0.2, 0.25) is 0 Å². The molecule has 66 valence electrons. The van der Waals surface area contributed by atoms with Crippen LogP contribution in [0.1, 0.15) is 16.7 Å². The average molecular weight is 184 g/mol. The highest BCUT2D eigenvalue weighted by atomic mass is 32.1. The molecule has 0 aliphatic rings. The molecule has 1 N–H and O–H groups in total. The Labute approximate surface area is 75.9 Å². The van der Waals surface area contributed by atoms with Gasteiger partial charge in [0.15, 0.2) is 0 Å². The van der Waals surface area contributed by atoms with Crippen LogP contribution in [0, 0.1) is 12.8 Å². The lowest BCUT2D eigenvalue weighted by Crippen LogP contribution is -2.11. The van der Waals surface area contributed by atoms with E-state index >= 15 is 0 Å². The number of hydrogen-bond donors (Lipinski definition) is 1. The second-order valence-corrected chi connectivity index (χ2v) is 4.33. The summed E-state index contributed by atoms with van der Waals surface area (Å²) in [4.78, 5) is 12.9. The summed E-state index contributed by atoms with van der Waals surface area (Å²) in [5.74, 6) is -0.996. The number of rotatable bonds is 3. The van der Waals surface area contributed by atoms with Gasteiger partial charge in [-0.05, 0) is 25.5 Å². The summed E-state index contributed by atoms with van der Waals surface area (Å²) < 4.78 is 0. The summed E-state index contributed by atoms with van der Waals surface area (Å²) in [6.45, 7) is 3.76. The zero-order valence-electron chi connectivity index (χ0n) is 7.20. The molecular formula is C9H12O2S. The predicted molar refractivity (Wildman–Crippen MR) is 49.6 cm³/mol. The van der Waals surface area contributed by atoms with Crippen LogP contribution in [0.25, 0.3) is 0 Å². The Kier molecular flexibility index (Phi) is 2.87. The van der Waals surface area contributed by atoms with E-state index in [1.165, 1.54) is 4.88 Å². The molecule has 0 fully saturated rings. The quantitative estimate of drug-likeness (QED) is 0.782. The molecule has 0 bridgehead atoms. The van der Waals surface area contributed by atoms with Crippen molar-refractivity contribution >= 4 is 17.3 Å². The summed E-state index contributed by atoms with van der Waals surface area (Å²) in [6, 6.07) is 4.02. The molecule has 0 aliphatic heterocycles. The Morgan fingerprint density at radius 3 is 2.75 bits per heavy atom.